The Balaban J connectivity index is 1.21. The molecule has 3 aliphatic heterocycles. The molecule has 2 aromatic carbocycles. The van der Waals surface area contributed by atoms with Gasteiger partial charge in [-0.1, -0.05) is 24.3 Å². The highest BCUT2D eigenvalue weighted by Crippen LogP contribution is 2.26. The Morgan fingerprint density at radius 2 is 1.85 bits per heavy atom. The number of carbonyl (C=O) groups excluding carboxylic acids is 3. The van der Waals surface area contributed by atoms with Crippen LogP contribution in [0.1, 0.15) is 26.3 Å². The summed E-state index contributed by atoms with van der Waals surface area (Å²) in [6, 6.07) is 13.2. The van der Waals surface area contributed by atoms with Crippen molar-refractivity contribution < 1.29 is 46.2 Å². The second kappa shape index (κ2) is 13.5. The minimum atomic E-state index is -4.83. The lowest BCUT2D eigenvalue weighted by atomic mass is 10.1. The lowest BCUT2D eigenvalue weighted by Crippen LogP contribution is -2.59. The molecule has 3 aliphatic rings. The van der Waals surface area contributed by atoms with Crippen molar-refractivity contribution in [3.8, 4) is 11.6 Å². The van der Waals surface area contributed by atoms with Gasteiger partial charge in [0.25, 0.3) is 11.8 Å². The number of aromatic nitrogens is 1. The fraction of sp³-hybridized carbons (Fsp3) is 0.375. The Bertz CT molecular complexity index is 1640. The van der Waals surface area contributed by atoms with Gasteiger partial charge in [-0.3, -0.25) is 19.3 Å². The summed E-state index contributed by atoms with van der Waals surface area (Å²) in [6.45, 7) is 0.698. The van der Waals surface area contributed by atoms with Crippen LogP contribution in [0.4, 0.5) is 17.6 Å². The second-order valence-corrected chi connectivity index (χ2v) is 11.5. The van der Waals surface area contributed by atoms with Gasteiger partial charge in [-0.05, 0) is 42.0 Å². The molecular weight excluding hydrogens is 626 g/mol. The molecule has 47 heavy (non-hydrogen) atoms. The van der Waals surface area contributed by atoms with Gasteiger partial charge in [0.05, 0.1) is 23.8 Å². The summed E-state index contributed by atoms with van der Waals surface area (Å²) in [7, 11) is 0. The summed E-state index contributed by atoms with van der Waals surface area (Å²) in [4.78, 5) is 49.3. The molecule has 3 atom stereocenters. The third-order valence-corrected chi connectivity index (χ3v) is 8.24. The van der Waals surface area contributed by atoms with E-state index in [-0.39, 0.29) is 81.1 Å². The number of amides is 3. The number of pyridine rings is 1. The average Bonchev–Trinajstić information content (AvgIpc) is 3.41. The number of likely N-dealkylation sites (tertiary alicyclic amines) is 1. The summed E-state index contributed by atoms with van der Waals surface area (Å²) in [5.74, 6) is -2.34. The molecule has 248 valence electrons. The number of benzene rings is 2. The number of piperazine rings is 1. The minimum Gasteiger partial charge on any atom is -0.475 e. The number of rotatable bonds is 4. The quantitative estimate of drug-likeness (QED) is 0.427. The van der Waals surface area contributed by atoms with Gasteiger partial charge in [0, 0.05) is 45.5 Å². The highest BCUT2D eigenvalue weighted by Gasteiger charge is 2.39. The van der Waals surface area contributed by atoms with E-state index in [4.69, 9.17) is 9.47 Å². The Morgan fingerprint density at radius 3 is 2.66 bits per heavy atom. The molecule has 3 aromatic rings. The lowest BCUT2D eigenvalue weighted by Gasteiger charge is -2.41. The largest absolute Gasteiger partial charge is 0.573 e. The molecule has 1 aromatic heterocycles. The fourth-order valence-electron chi connectivity index (χ4n) is 6.06. The van der Waals surface area contributed by atoms with E-state index in [1.54, 1.807) is 29.2 Å². The van der Waals surface area contributed by atoms with Gasteiger partial charge < -0.3 is 29.3 Å². The predicted octanol–water partition coefficient (Wildman–Crippen LogP) is 2.86. The number of nitrogens with zero attached hydrogens (tertiary/aromatic N) is 4. The van der Waals surface area contributed by atoms with Crippen molar-refractivity contribution in [1.82, 2.24) is 25.0 Å². The number of carbonyl (C=O) groups is 3. The number of ether oxygens (including phenoxy) is 3. The molecule has 0 unspecified atom stereocenters. The highest BCUT2D eigenvalue weighted by atomic mass is 19.4. The van der Waals surface area contributed by atoms with E-state index in [0.717, 1.165) is 0 Å². The van der Waals surface area contributed by atoms with Crippen molar-refractivity contribution in [2.75, 3.05) is 45.9 Å². The SMILES string of the molecule is O=C1N[C@@H]2CN(Cc3cccc(OC(F)(F)F)c3)C[C@@H]2OCC(=O)N2CCN(C(=O)c3ccccc3F)C[C@H]2COc2ncccc21. The maximum Gasteiger partial charge on any atom is 0.573 e. The van der Waals surface area contributed by atoms with Crippen LogP contribution in [0, 0.1) is 5.82 Å². The van der Waals surface area contributed by atoms with E-state index < -0.39 is 42.2 Å². The van der Waals surface area contributed by atoms with E-state index in [1.807, 2.05) is 4.90 Å². The molecule has 2 saturated heterocycles. The van der Waals surface area contributed by atoms with Crippen LogP contribution < -0.4 is 14.8 Å². The van der Waals surface area contributed by atoms with Crippen molar-refractivity contribution in [3.63, 3.8) is 0 Å². The van der Waals surface area contributed by atoms with Crippen LogP contribution in [-0.4, -0.2) is 108 Å². The van der Waals surface area contributed by atoms with E-state index >= 15 is 0 Å². The summed E-state index contributed by atoms with van der Waals surface area (Å²) in [5, 5.41) is 2.94. The topological polar surface area (TPSA) is 114 Å². The third-order valence-electron chi connectivity index (χ3n) is 8.24. The van der Waals surface area contributed by atoms with Crippen molar-refractivity contribution in [1.29, 1.82) is 0 Å². The zero-order valence-electron chi connectivity index (χ0n) is 25.0. The van der Waals surface area contributed by atoms with Crippen LogP contribution in [0.15, 0.2) is 66.9 Å². The van der Waals surface area contributed by atoms with Gasteiger partial charge >= 0.3 is 6.36 Å². The number of halogens is 4. The van der Waals surface area contributed by atoms with Gasteiger partial charge in [0.1, 0.15) is 30.3 Å². The standard InChI is InChI=1S/C32H31F4N5O6/c33-25-9-2-1-7-23(25)31(44)40-11-12-41-21(15-40)18-46-30-24(8-4-10-37-30)29(43)38-26-16-39(17-27(26)45-19-28(41)42)14-20-5-3-6-22(13-20)47-32(34,35)36/h1-10,13,21,26-27H,11-12,14-19H2,(H,38,43)/t21-,26+,27-/m0/s1. The minimum absolute atomic E-state index is 0.0306. The first kappa shape index (κ1) is 32.2. The maximum atomic E-state index is 14.4. The maximum absolute atomic E-state index is 14.4. The highest BCUT2D eigenvalue weighted by molar-refractivity contribution is 5.96. The molecule has 15 heteroatoms. The van der Waals surface area contributed by atoms with Gasteiger partial charge in [0.15, 0.2) is 0 Å². The normalized spacial score (nSPS) is 22.4. The monoisotopic (exact) mass is 657 g/mol. The Morgan fingerprint density at radius 1 is 1.02 bits per heavy atom. The van der Waals surface area contributed by atoms with E-state index in [1.165, 1.54) is 47.5 Å². The first-order chi connectivity index (χ1) is 22.5. The molecule has 0 saturated carbocycles. The third kappa shape index (κ3) is 7.63. The van der Waals surface area contributed by atoms with Gasteiger partial charge in [0.2, 0.25) is 11.8 Å². The Hall–Kier alpha value is -4.76. The summed E-state index contributed by atoms with van der Waals surface area (Å²) < 4.78 is 68.8. The van der Waals surface area contributed by atoms with Crippen LogP contribution >= 0.6 is 0 Å². The zero-order chi connectivity index (χ0) is 33.1. The number of alkyl halides is 3. The van der Waals surface area contributed by atoms with Crippen molar-refractivity contribution in [2.45, 2.75) is 31.1 Å². The van der Waals surface area contributed by atoms with Crippen molar-refractivity contribution in [3.05, 3.63) is 89.4 Å². The lowest BCUT2D eigenvalue weighted by molar-refractivity contribution is -0.274. The molecule has 6 rings (SSSR count). The van der Waals surface area contributed by atoms with E-state index in [2.05, 4.69) is 15.0 Å². The molecule has 4 heterocycles. The van der Waals surface area contributed by atoms with Gasteiger partial charge in [-0.2, -0.15) is 0 Å². The molecule has 11 nitrogen and oxygen atoms in total. The summed E-state index contributed by atoms with van der Waals surface area (Å²) >= 11 is 0. The van der Waals surface area contributed by atoms with Crippen molar-refractivity contribution >= 4 is 17.7 Å². The van der Waals surface area contributed by atoms with E-state index in [9.17, 15) is 31.9 Å². The summed E-state index contributed by atoms with van der Waals surface area (Å²) in [6.07, 6.45) is -4.01. The molecule has 1 N–H and O–H groups in total. The molecule has 3 amide bonds. The van der Waals surface area contributed by atoms with Gasteiger partial charge in [-0.15, -0.1) is 13.2 Å². The number of fused-ring (bicyclic) bond motifs is 3. The first-order valence-electron chi connectivity index (χ1n) is 14.9. The molecule has 2 fully saturated rings. The molecule has 0 bridgehead atoms. The number of hydrogen-bond donors (Lipinski definition) is 1. The smallest absolute Gasteiger partial charge is 0.475 e. The van der Waals surface area contributed by atoms with Crippen molar-refractivity contribution in [2.24, 2.45) is 0 Å². The van der Waals surface area contributed by atoms with Gasteiger partial charge in [-0.25, -0.2) is 9.37 Å². The Kier molecular flexibility index (Phi) is 9.27. The van der Waals surface area contributed by atoms with Crippen LogP contribution in [0.2, 0.25) is 0 Å². The van der Waals surface area contributed by atoms with Crippen LogP contribution in [0.25, 0.3) is 0 Å². The predicted molar refractivity (Wildman–Crippen MR) is 157 cm³/mol. The first-order valence-corrected chi connectivity index (χ1v) is 14.9. The fourth-order valence-corrected chi connectivity index (χ4v) is 6.06. The molecule has 0 aliphatic carbocycles. The molecule has 0 radical (unpaired) electrons. The zero-order valence-corrected chi connectivity index (χ0v) is 25.0. The number of nitrogens with one attached hydrogen (secondary N) is 1. The van der Waals surface area contributed by atoms with E-state index in [0.29, 0.717) is 5.56 Å². The second-order valence-electron chi connectivity index (χ2n) is 11.5. The Labute approximate surface area is 267 Å². The summed E-state index contributed by atoms with van der Waals surface area (Å²) in [5.41, 5.74) is 0.617. The van der Waals surface area contributed by atoms with Crippen LogP contribution in [-0.2, 0) is 16.1 Å². The van der Waals surface area contributed by atoms with Crippen LogP contribution in [0.3, 0.4) is 0 Å². The van der Waals surface area contributed by atoms with Crippen LogP contribution in [0.5, 0.6) is 11.6 Å². The number of hydrogen-bond acceptors (Lipinski definition) is 8. The molecule has 0 spiro atoms. The average molecular weight is 658 g/mol. The molecular formula is C32H31F4N5O6.